The third kappa shape index (κ3) is 4.09. The molecular formula is C38H29IO2. The Morgan fingerprint density at radius 3 is 1.95 bits per heavy atom. The summed E-state index contributed by atoms with van der Waals surface area (Å²) in [4.78, 5) is 13.0. The summed E-state index contributed by atoms with van der Waals surface area (Å²) < 4.78 is 6.58. The van der Waals surface area contributed by atoms with Gasteiger partial charge in [-0.25, -0.2) is 0 Å². The third-order valence-electron chi connectivity index (χ3n) is 8.66. The molecule has 5 aromatic carbocycles. The zero-order valence-corrected chi connectivity index (χ0v) is 25.0. The highest BCUT2D eigenvalue weighted by Crippen LogP contribution is 2.63. The number of hydrogen-bond donors (Lipinski definition) is 0. The number of halogens is 1. The largest absolute Gasteiger partial charge is 0.461 e. The molecule has 0 heterocycles. The second-order valence-corrected chi connectivity index (χ2v) is 12.4. The van der Waals surface area contributed by atoms with Crippen LogP contribution in [0.5, 0.6) is 0 Å². The first-order valence-corrected chi connectivity index (χ1v) is 15.1. The van der Waals surface area contributed by atoms with Crippen LogP contribution < -0.4 is 0 Å². The van der Waals surface area contributed by atoms with Gasteiger partial charge < -0.3 is 4.74 Å². The zero-order valence-electron chi connectivity index (χ0n) is 22.9. The van der Waals surface area contributed by atoms with E-state index in [2.05, 4.69) is 121 Å². The van der Waals surface area contributed by atoms with E-state index in [-0.39, 0.29) is 30.3 Å². The van der Waals surface area contributed by atoms with Gasteiger partial charge in [-0.1, -0.05) is 127 Å². The molecule has 0 N–H and O–H groups in total. The molecule has 0 aliphatic heterocycles. The quantitative estimate of drug-likeness (QED) is 0.133. The molecule has 0 bridgehead atoms. The van der Waals surface area contributed by atoms with Crippen molar-refractivity contribution in [2.45, 2.75) is 31.3 Å². The number of esters is 1. The molecule has 0 saturated carbocycles. The molecule has 2 atom stereocenters. The first kappa shape index (κ1) is 26.0. The summed E-state index contributed by atoms with van der Waals surface area (Å²) in [5, 5.41) is 0. The van der Waals surface area contributed by atoms with Crippen LogP contribution in [0.4, 0.5) is 0 Å². The fourth-order valence-corrected chi connectivity index (χ4v) is 7.45. The lowest BCUT2D eigenvalue weighted by Gasteiger charge is -2.30. The van der Waals surface area contributed by atoms with Gasteiger partial charge in [0.1, 0.15) is 6.61 Å². The summed E-state index contributed by atoms with van der Waals surface area (Å²) in [7, 11) is 0. The molecule has 200 valence electrons. The predicted molar refractivity (Wildman–Crippen MR) is 174 cm³/mol. The molecule has 0 aromatic heterocycles. The Kier molecular flexibility index (Phi) is 6.43. The minimum atomic E-state index is -0.366. The van der Waals surface area contributed by atoms with Crippen LogP contribution in [0.15, 0.2) is 125 Å². The highest BCUT2D eigenvalue weighted by molar-refractivity contribution is 14.1. The van der Waals surface area contributed by atoms with E-state index in [1.54, 1.807) is 0 Å². The summed E-state index contributed by atoms with van der Waals surface area (Å²) in [5.41, 5.74) is 13.3. The van der Waals surface area contributed by atoms with Gasteiger partial charge in [0.05, 0.1) is 11.8 Å². The van der Waals surface area contributed by atoms with E-state index in [9.17, 15) is 4.79 Å². The molecule has 3 heteroatoms. The van der Waals surface area contributed by atoms with E-state index in [0.29, 0.717) is 0 Å². The number of benzene rings is 5. The van der Waals surface area contributed by atoms with Crippen LogP contribution in [-0.2, 0) is 21.6 Å². The van der Waals surface area contributed by atoms with E-state index < -0.39 is 0 Å². The summed E-state index contributed by atoms with van der Waals surface area (Å²) in [6.45, 7) is 6.70. The predicted octanol–water partition coefficient (Wildman–Crippen LogP) is 9.50. The average molecular weight is 645 g/mol. The molecule has 0 fully saturated rings. The Morgan fingerprint density at radius 2 is 1.29 bits per heavy atom. The summed E-state index contributed by atoms with van der Waals surface area (Å²) in [6.07, 6.45) is 0.255. The standard InChI is InChI=1S/C38H29IO2/c1-24-16-18-35-31(20-24)28-12-6-8-14-33(28)38(35)34-15-9-7-13-29(34)32-21-27(17-19-36(32)38)30(25(2)39)22-37(40)41-23-26-10-4-3-5-11-26/h3-21,30H,2,22-23H2,1H3. The van der Waals surface area contributed by atoms with Gasteiger partial charge in [0.25, 0.3) is 0 Å². The number of carbonyl (C=O) groups excluding carboxylic acids is 1. The molecular weight excluding hydrogens is 615 g/mol. The van der Waals surface area contributed by atoms with Crippen LogP contribution in [0, 0.1) is 6.92 Å². The summed E-state index contributed by atoms with van der Waals surface area (Å²) >= 11 is 2.26. The van der Waals surface area contributed by atoms with Crippen molar-refractivity contribution >= 4 is 28.6 Å². The van der Waals surface area contributed by atoms with E-state index in [0.717, 1.165) is 14.7 Å². The number of fused-ring (bicyclic) bond motifs is 10. The van der Waals surface area contributed by atoms with Crippen LogP contribution in [-0.4, -0.2) is 5.97 Å². The first-order chi connectivity index (χ1) is 20.0. The van der Waals surface area contributed by atoms with Crippen molar-refractivity contribution in [2.75, 3.05) is 0 Å². The van der Waals surface area contributed by atoms with Gasteiger partial charge in [0.2, 0.25) is 0 Å². The minimum Gasteiger partial charge on any atom is -0.461 e. The lowest BCUT2D eigenvalue weighted by molar-refractivity contribution is -0.145. The van der Waals surface area contributed by atoms with Gasteiger partial charge in [-0.15, -0.1) is 0 Å². The number of hydrogen-bond acceptors (Lipinski definition) is 2. The van der Waals surface area contributed by atoms with Crippen molar-refractivity contribution in [3.05, 3.63) is 164 Å². The number of rotatable bonds is 6. The summed E-state index contributed by atoms with van der Waals surface area (Å²) in [5.74, 6) is -0.359. The molecule has 1 spiro atoms. The third-order valence-corrected chi connectivity index (χ3v) is 9.41. The van der Waals surface area contributed by atoms with Crippen LogP contribution in [0.2, 0.25) is 0 Å². The van der Waals surface area contributed by atoms with E-state index >= 15 is 0 Å². The molecule has 2 aliphatic carbocycles. The molecule has 0 saturated heterocycles. The topological polar surface area (TPSA) is 26.3 Å². The SMILES string of the molecule is C=C(I)C(CC(=O)OCc1ccccc1)c1ccc2c(c1)-c1ccccc1C21c2ccccc2-c2cc(C)ccc21. The number of ether oxygens (including phenoxy) is 1. The average Bonchev–Trinajstić information content (AvgIpc) is 3.45. The number of allylic oxidation sites excluding steroid dienone is 1. The van der Waals surface area contributed by atoms with Gasteiger partial charge in [-0.05, 0) is 88.7 Å². The van der Waals surface area contributed by atoms with Gasteiger partial charge in [0, 0.05) is 5.92 Å². The Balaban J connectivity index is 1.33. The molecule has 0 amide bonds. The van der Waals surface area contributed by atoms with Gasteiger partial charge in [-0.2, -0.15) is 0 Å². The molecule has 5 aromatic rings. The van der Waals surface area contributed by atoms with E-state index in [1.165, 1.54) is 50.1 Å². The van der Waals surface area contributed by atoms with Crippen LogP contribution in [0.1, 0.15) is 51.3 Å². The van der Waals surface area contributed by atoms with Crippen molar-refractivity contribution < 1.29 is 9.53 Å². The van der Waals surface area contributed by atoms with Crippen LogP contribution in [0.3, 0.4) is 0 Å². The van der Waals surface area contributed by atoms with Crippen LogP contribution in [0.25, 0.3) is 22.3 Å². The monoisotopic (exact) mass is 644 g/mol. The maximum atomic E-state index is 13.0. The lowest BCUT2D eigenvalue weighted by Crippen LogP contribution is -2.25. The van der Waals surface area contributed by atoms with Crippen molar-refractivity contribution in [1.29, 1.82) is 0 Å². The highest BCUT2D eigenvalue weighted by Gasteiger charge is 2.51. The Bertz CT molecular complexity index is 1840. The molecule has 7 rings (SSSR count). The second kappa shape index (κ2) is 10.1. The van der Waals surface area contributed by atoms with Gasteiger partial charge >= 0.3 is 5.97 Å². The maximum Gasteiger partial charge on any atom is 0.307 e. The normalized spacial score (nSPS) is 16.4. The van der Waals surface area contributed by atoms with Crippen LogP contribution >= 0.6 is 22.6 Å². The minimum absolute atomic E-state index is 0.140. The molecule has 41 heavy (non-hydrogen) atoms. The second-order valence-electron chi connectivity index (χ2n) is 11.0. The fraction of sp³-hybridized carbons (Fsp3) is 0.132. The van der Waals surface area contributed by atoms with Crippen molar-refractivity contribution in [3.8, 4) is 22.3 Å². The summed E-state index contributed by atoms with van der Waals surface area (Å²) in [6, 6.07) is 41.1. The van der Waals surface area contributed by atoms with Crippen molar-refractivity contribution in [2.24, 2.45) is 0 Å². The Hall–Kier alpha value is -3.96. The van der Waals surface area contributed by atoms with Crippen molar-refractivity contribution in [1.82, 2.24) is 0 Å². The number of carbonyl (C=O) groups is 1. The lowest BCUT2D eigenvalue weighted by atomic mass is 9.70. The molecule has 2 aliphatic rings. The Labute approximate surface area is 254 Å². The maximum absolute atomic E-state index is 13.0. The first-order valence-electron chi connectivity index (χ1n) is 14.0. The number of aryl methyl sites for hydroxylation is 1. The molecule has 2 unspecified atom stereocenters. The zero-order chi connectivity index (χ0) is 28.1. The van der Waals surface area contributed by atoms with Gasteiger partial charge in [0.15, 0.2) is 0 Å². The molecule has 0 radical (unpaired) electrons. The Morgan fingerprint density at radius 1 is 0.732 bits per heavy atom. The van der Waals surface area contributed by atoms with E-state index in [4.69, 9.17) is 4.74 Å². The smallest absolute Gasteiger partial charge is 0.307 e. The highest BCUT2D eigenvalue weighted by atomic mass is 127. The van der Waals surface area contributed by atoms with E-state index in [1.807, 2.05) is 30.3 Å². The fourth-order valence-electron chi connectivity index (χ4n) is 6.87. The van der Waals surface area contributed by atoms with Crippen molar-refractivity contribution in [3.63, 3.8) is 0 Å². The van der Waals surface area contributed by atoms with Gasteiger partial charge in [-0.3, -0.25) is 4.79 Å². The molecule has 2 nitrogen and oxygen atoms in total.